The summed E-state index contributed by atoms with van der Waals surface area (Å²) >= 11 is 5.63. The standard InChI is InChI=1S/C11H11ClN2O3/c12-9-4-3-7(6-13-9)10(15)14-5-1-2-8(14)11(16)17/h3-4,6,8H,1-2,5H2,(H,16,17)/t8-/m0/s1. The summed E-state index contributed by atoms with van der Waals surface area (Å²) in [7, 11) is 0. The van der Waals surface area contributed by atoms with Crippen LogP contribution in [0.25, 0.3) is 0 Å². The molecular weight excluding hydrogens is 244 g/mol. The van der Waals surface area contributed by atoms with E-state index in [9.17, 15) is 9.59 Å². The third kappa shape index (κ3) is 2.39. The lowest BCUT2D eigenvalue weighted by Crippen LogP contribution is -2.40. The summed E-state index contributed by atoms with van der Waals surface area (Å²) in [6.45, 7) is 0.471. The van der Waals surface area contributed by atoms with E-state index in [1.165, 1.54) is 17.2 Å². The molecule has 1 aliphatic heterocycles. The first kappa shape index (κ1) is 11.9. The fourth-order valence-corrected chi connectivity index (χ4v) is 2.05. The van der Waals surface area contributed by atoms with Crippen LogP contribution in [0.1, 0.15) is 23.2 Å². The van der Waals surface area contributed by atoms with Crippen LogP contribution in [0.5, 0.6) is 0 Å². The maximum absolute atomic E-state index is 12.1. The Morgan fingerprint density at radius 1 is 1.47 bits per heavy atom. The fourth-order valence-electron chi connectivity index (χ4n) is 1.93. The monoisotopic (exact) mass is 254 g/mol. The van der Waals surface area contributed by atoms with Gasteiger partial charge in [0.25, 0.3) is 5.91 Å². The zero-order valence-electron chi connectivity index (χ0n) is 8.97. The minimum absolute atomic E-state index is 0.303. The van der Waals surface area contributed by atoms with Gasteiger partial charge in [-0.1, -0.05) is 11.6 Å². The molecule has 2 rings (SSSR count). The van der Waals surface area contributed by atoms with Crippen molar-refractivity contribution >= 4 is 23.5 Å². The molecule has 1 aromatic rings. The average Bonchev–Trinajstić information content (AvgIpc) is 2.78. The number of pyridine rings is 1. The van der Waals surface area contributed by atoms with E-state index in [4.69, 9.17) is 16.7 Å². The molecular formula is C11H11ClN2O3. The number of likely N-dealkylation sites (tertiary alicyclic amines) is 1. The lowest BCUT2D eigenvalue weighted by atomic mass is 10.2. The maximum atomic E-state index is 12.1. The van der Waals surface area contributed by atoms with Gasteiger partial charge in [0, 0.05) is 12.7 Å². The van der Waals surface area contributed by atoms with Crippen LogP contribution in [0.2, 0.25) is 5.15 Å². The van der Waals surface area contributed by atoms with Crippen LogP contribution in [-0.4, -0.2) is 39.5 Å². The van der Waals surface area contributed by atoms with Crippen molar-refractivity contribution in [2.24, 2.45) is 0 Å². The molecule has 1 atom stereocenters. The van der Waals surface area contributed by atoms with Crippen molar-refractivity contribution in [1.82, 2.24) is 9.88 Å². The Bertz CT molecular complexity index is 447. The number of hydrogen-bond donors (Lipinski definition) is 1. The molecule has 1 fully saturated rings. The first-order valence-electron chi connectivity index (χ1n) is 5.25. The average molecular weight is 255 g/mol. The number of carboxylic acids is 1. The molecule has 0 spiro atoms. The summed E-state index contributed by atoms with van der Waals surface area (Å²) in [5.41, 5.74) is 0.363. The van der Waals surface area contributed by atoms with E-state index in [1.54, 1.807) is 6.07 Å². The minimum Gasteiger partial charge on any atom is -0.480 e. The van der Waals surface area contributed by atoms with Crippen molar-refractivity contribution in [3.8, 4) is 0 Å². The maximum Gasteiger partial charge on any atom is 0.326 e. The van der Waals surface area contributed by atoms with Crippen LogP contribution in [0.3, 0.4) is 0 Å². The highest BCUT2D eigenvalue weighted by atomic mass is 35.5. The normalized spacial score (nSPS) is 19.4. The Balaban J connectivity index is 2.19. The number of aliphatic carboxylic acids is 1. The van der Waals surface area contributed by atoms with Gasteiger partial charge in [-0.05, 0) is 25.0 Å². The van der Waals surface area contributed by atoms with E-state index < -0.39 is 12.0 Å². The van der Waals surface area contributed by atoms with Gasteiger partial charge in [0.05, 0.1) is 5.56 Å². The summed E-state index contributed by atoms with van der Waals surface area (Å²) in [4.78, 5) is 28.2. The largest absolute Gasteiger partial charge is 0.480 e. The first-order chi connectivity index (χ1) is 8.09. The van der Waals surface area contributed by atoms with Gasteiger partial charge in [-0.2, -0.15) is 0 Å². The molecule has 0 bridgehead atoms. The Labute approximate surface area is 103 Å². The Morgan fingerprint density at radius 2 is 2.24 bits per heavy atom. The molecule has 0 aliphatic carbocycles. The van der Waals surface area contributed by atoms with E-state index in [1.807, 2.05) is 0 Å². The molecule has 1 aromatic heterocycles. The van der Waals surface area contributed by atoms with Gasteiger partial charge in [-0.15, -0.1) is 0 Å². The smallest absolute Gasteiger partial charge is 0.326 e. The minimum atomic E-state index is -0.960. The van der Waals surface area contributed by atoms with Gasteiger partial charge in [0.1, 0.15) is 11.2 Å². The third-order valence-electron chi connectivity index (χ3n) is 2.77. The van der Waals surface area contributed by atoms with Crippen molar-refractivity contribution in [1.29, 1.82) is 0 Å². The highest BCUT2D eigenvalue weighted by Gasteiger charge is 2.34. The lowest BCUT2D eigenvalue weighted by Gasteiger charge is -2.21. The second-order valence-electron chi connectivity index (χ2n) is 3.86. The molecule has 6 heteroatoms. The molecule has 1 N–H and O–H groups in total. The zero-order valence-corrected chi connectivity index (χ0v) is 9.72. The highest BCUT2D eigenvalue weighted by molar-refractivity contribution is 6.29. The van der Waals surface area contributed by atoms with E-state index >= 15 is 0 Å². The molecule has 90 valence electrons. The highest BCUT2D eigenvalue weighted by Crippen LogP contribution is 2.20. The molecule has 1 amide bonds. The van der Waals surface area contributed by atoms with Crippen LogP contribution in [-0.2, 0) is 4.79 Å². The molecule has 1 aliphatic rings. The van der Waals surface area contributed by atoms with E-state index in [0.29, 0.717) is 30.1 Å². The molecule has 0 radical (unpaired) electrons. The second-order valence-corrected chi connectivity index (χ2v) is 4.25. The van der Waals surface area contributed by atoms with Gasteiger partial charge < -0.3 is 10.0 Å². The molecule has 0 aromatic carbocycles. The lowest BCUT2D eigenvalue weighted by molar-refractivity contribution is -0.141. The van der Waals surface area contributed by atoms with E-state index in [2.05, 4.69) is 4.98 Å². The topological polar surface area (TPSA) is 70.5 Å². The molecule has 5 nitrogen and oxygen atoms in total. The number of hydrogen-bond acceptors (Lipinski definition) is 3. The predicted molar refractivity (Wildman–Crippen MR) is 60.9 cm³/mol. The van der Waals surface area contributed by atoms with Crippen LogP contribution < -0.4 is 0 Å². The zero-order chi connectivity index (χ0) is 12.4. The predicted octanol–water partition coefficient (Wildman–Crippen LogP) is 1.42. The van der Waals surface area contributed by atoms with Crippen molar-refractivity contribution in [2.75, 3.05) is 6.54 Å². The molecule has 0 unspecified atom stereocenters. The van der Waals surface area contributed by atoms with Gasteiger partial charge in [-0.25, -0.2) is 9.78 Å². The van der Waals surface area contributed by atoms with Gasteiger partial charge in [-0.3, -0.25) is 4.79 Å². The van der Waals surface area contributed by atoms with Gasteiger partial charge in [0.15, 0.2) is 0 Å². The SMILES string of the molecule is O=C(O)[C@@H]1CCCN1C(=O)c1ccc(Cl)nc1. The van der Waals surface area contributed by atoms with Crippen LogP contribution in [0.15, 0.2) is 18.3 Å². The van der Waals surface area contributed by atoms with Crippen LogP contribution in [0, 0.1) is 0 Å². The van der Waals surface area contributed by atoms with Crippen molar-refractivity contribution in [2.45, 2.75) is 18.9 Å². The Hall–Kier alpha value is -1.62. The summed E-state index contributed by atoms with van der Waals surface area (Å²) < 4.78 is 0. The number of carboxylic acid groups (broad SMARTS) is 1. The second kappa shape index (κ2) is 4.71. The van der Waals surface area contributed by atoms with Crippen LogP contribution >= 0.6 is 11.6 Å². The number of rotatable bonds is 2. The van der Waals surface area contributed by atoms with Gasteiger partial charge >= 0.3 is 5.97 Å². The number of amides is 1. The van der Waals surface area contributed by atoms with Crippen molar-refractivity contribution in [3.63, 3.8) is 0 Å². The summed E-state index contributed by atoms with van der Waals surface area (Å²) in [5, 5.41) is 9.30. The van der Waals surface area contributed by atoms with Crippen molar-refractivity contribution < 1.29 is 14.7 Å². The van der Waals surface area contributed by atoms with E-state index in [0.717, 1.165) is 0 Å². The Kier molecular flexibility index (Phi) is 3.28. The number of aromatic nitrogens is 1. The third-order valence-corrected chi connectivity index (χ3v) is 3.00. The molecule has 0 saturated carbocycles. The number of carbonyl (C=O) groups excluding carboxylic acids is 1. The van der Waals surface area contributed by atoms with Gasteiger partial charge in [0.2, 0.25) is 0 Å². The summed E-state index contributed by atoms with van der Waals surface area (Å²) in [6.07, 6.45) is 2.58. The fraction of sp³-hybridized carbons (Fsp3) is 0.364. The number of carbonyl (C=O) groups is 2. The number of nitrogens with zero attached hydrogens (tertiary/aromatic N) is 2. The van der Waals surface area contributed by atoms with Crippen molar-refractivity contribution in [3.05, 3.63) is 29.0 Å². The molecule has 2 heterocycles. The Morgan fingerprint density at radius 3 is 2.82 bits per heavy atom. The first-order valence-corrected chi connectivity index (χ1v) is 5.62. The summed E-state index contributed by atoms with van der Waals surface area (Å²) in [5.74, 6) is -1.27. The van der Waals surface area contributed by atoms with E-state index in [-0.39, 0.29) is 5.91 Å². The molecule has 17 heavy (non-hydrogen) atoms. The molecule has 1 saturated heterocycles. The number of halogens is 1. The summed E-state index contributed by atoms with van der Waals surface area (Å²) in [6, 6.07) is 2.34. The quantitative estimate of drug-likeness (QED) is 0.811. The van der Waals surface area contributed by atoms with Crippen LogP contribution in [0.4, 0.5) is 0 Å².